The summed E-state index contributed by atoms with van der Waals surface area (Å²) in [6, 6.07) is 10.0. The molecule has 1 aliphatic rings. The molecule has 1 saturated heterocycles. The summed E-state index contributed by atoms with van der Waals surface area (Å²) in [6.07, 6.45) is 1.66. The Labute approximate surface area is 90.2 Å². The Morgan fingerprint density at radius 3 is 2.40 bits per heavy atom. The molecule has 15 heavy (non-hydrogen) atoms. The lowest BCUT2D eigenvalue weighted by molar-refractivity contribution is -0.278. The normalized spacial score (nSPS) is 20.1. The molecule has 0 aromatic heterocycles. The van der Waals surface area contributed by atoms with Crippen LogP contribution in [-0.4, -0.2) is 19.8 Å². The molecule has 0 spiro atoms. The van der Waals surface area contributed by atoms with E-state index in [1.165, 1.54) is 0 Å². The summed E-state index contributed by atoms with van der Waals surface area (Å²) >= 11 is 0. The lowest BCUT2D eigenvalue weighted by atomic mass is 10.0. The Morgan fingerprint density at radius 2 is 1.80 bits per heavy atom. The van der Waals surface area contributed by atoms with Crippen molar-refractivity contribution >= 4 is 0 Å². The molecule has 3 nitrogen and oxygen atoms in total. The van der Waals surface area contributed by atoms with E-state index in [1.807, 2.05) is 30.3 Å². The second-order valence-corrected chi connectivity index (χ2v) is 3.71. The number of rotatable bonds is 3. The van der Waals surface area contributed by atoms with Crippen molar-refractivity contribution in [3.8, 4) is 0 Å². The van der Waals surface area contributed by atoms with Crippen molar-refractivity contribution in [2.75, 3.05) is 19.8 Å². The van der Waals surface area contributed by atoms with Gasteiger partial charge in [-0.05, 0) is 13.0 Å². The van der Waals surface area contributed by atoms with Gasteiger partial charge in [0.2, 0.25) is 0 Å². The Bertz CT molecular complexity index is 288. The molecule has 0 radical (unpaired) electrons. The SMILES string of the molecule is NCCC1(c2ccccc2)OCCCO1. The molecule has 2 rings (SSSR count). The maximum absolute atomic E-state index is 5.79. The molecule has 0 bridgehead atoms. The van der Waals surface area contributed by atoms with Gasteiger partial charge in [0.15, 0.2) is 5.79 Å². The summed E-state index contributed by atoms with van der Waals surface area (Å²) in [7, 11) is 0. The van der Waals surface area contributed by atoms with Crippen LogP contribution >= 0.6 is 0 Å². The minimum atomic E-state index is -0.603. The maximum Gasteiger partial charge on any atom is 0.195 e. The van der Waals surface area contributed by atoms with E-state index in [-0.39, 0.29) is 0 Å². The van der Waals surface area contributed by atoms with Crippen molar-refractivity contribution in [1.29, 1.82) is 0 Å². The number of hydrogen-bond acceptors (Lipinski definition) is 3. The standard InChI is InChI=1S/C12H17NO2/c13-8-7-12(14-9-4-10-15-12)11-5-2-1-3-6-11/h1-3,5-6H,4,7-10,13H2. The number of ether oxygens (including phenoxy) is 2. The summed E-state index contributed by atoms with van der Waals surface area (Å²) < 4.78 is 11.6. The van der Waals surface area contributed by atoms with Gasteiger partial charge < -0.3 is 15.2 Å². The van der Waals surface area contributed by atoms with Gasteiger partial charge in [0.1, 0.15) is 0 Å². The van der Waals surface area contributed by atoms with E-state index in [0.717, 1.165) is 25.2 Å². The molecule has 0 amide bonds. The van der Waals surface area contributed by atoms with Gasteiger partial charge in [-0.25, -0.2) is 0 Å². The molecule has 1 aromatic rings. The zero-order chi connectivity index (χ0) is 10.6. The molecule has 1 fully saturated rings. The highest BCUT2D eigenvalue weighted by Gasteiger charge is 2.35. The van der Waals surface area contributed by atoms with E-state index in [2.05, 4.69) is 0 Å². The van der Waals surface area contributed by atoms with Gasteiger partial charge in [-0.3, -0.25) is 0 Å². The molecular formula is C12H17NO2. The molecule has 1 aliphatic heterocycles. The van der Waals surface area contributed by atoms with Gasteiger partial charge in [0.25, 0.3) is 0 Å². The van der Waals surface area contributed by atoms with Gasteiger partial charge in [-0.2, -0.15) is 0 Å². The minimum absolute atomic E-state index is 0.564. The fourth-order valence-corrected chi connectivity index (χ4v) is 1.91. The lowest BCUT2D eigenvalue weighted by Crippen LogP contribution is -2.39. The number of nitrogens with two attached hydrogens (primary N) is 1. The van der Waals surface area contributed by atoms with Crippen LogP contribution in [0.25, 0.3) is 0 Å². The second kappa shape index (κ2) is 4.75. The highest BCUT2D eigenvalue weighted by molar-refractivity contribution is 5.20. The van der Waals surface area contributed by atoms with Gasteiger partial charge in [-0.15, -0.1) is 0 Å². The molecule has 0 unspecified atom stereocenters. The second-order valence-electron chi connectivity index (χ2n) is 3.71. The van der Waals surface area contributed by atoms with E-state index in [4.69, 9.17) is 15.2 Å². The van der Waals surface area contributed by atoms with Crippen LogP contribution in [0.5, 0.6) is 0 Å². The molecule has 1 aromatic carbocycles. The van der Waals surface area contributed by atoms with Crippen molar-refractivity contribution in [3.63, 3.8) is 0 Å². The average Bonchev–Trinajstić information content (AvgIpc) is 2.32. The molecular weight excluding hydrogens is 190 g/mol. The van der Waals surface area contributed by atoms with Crippen LogP contribution in [0, 0.1) is 0 Å². The Balaban J connectivity index is 2.25. The monoisotopic (exact) mass is 207 g/mol. The first-order valence-corrected chi connectivity index (χ1v) is 5.41. The summed E-state index contributed by atoms with van der Waals surface area (Å²) in [5.41, 5.74) is 6.69. The predicted molar refractivity (Wildman–Crippen MR) is 58.3 cm³/mol. The maximum atomic E-state index is 5.79. The van der Waals surface area contributed by atoms with Gasteiger partial charge >= 0.3 is 0 Å². The largest absolute Gasteiger partial charge is 0.346 e. The molecule has 0 saturated carbocycles. The van der Waals surface area contributed by atoms with Crippen LogP contribution in [0.4, 0.5) is 0 Å². The van der Waals surface area contributed by atoms with Crippen LogP contribution < -0.4 is 5.73 Å². The zero-order valence-electron chi connectivity index (χ0n) is 8.82. The van der Waals surface area contributed by atoms with E-state index >= 15 is 0 Å². The van der Waals surface area contributed by atoms with Gasteiger partial charge in [0, 0.05) is 12.0 Å². The van der Waals surface area contributed by atoms with E-state index in [1.54, 1.807) is 0 Å². The van der Waals surface area contributed by atoms with Crippen LogP contribution in [0.1, 0.15) is 18.4 Å². The third-order valence-electron chi connectivity index (χ3n) is 2.65. The summed E-state index contributed by atoms with van der Waals surface area (Å²) in [5.74, 6) is -0.603. The highest BCUT2D eigenvalue weighted by atomic mass is 16.7. The summed E-state index contributed by atoms with van der Waals surface area (Å²) in [5, 5.41) is 0. The van der Waals surface area contributed by atoms with E-state index < -0.39 is 5.79 Å². The van der Waals surface area contributed by atoms with Crippen LogP contribution in [-0.2, 0) is 15.3 Å². The topological polar surface area (TPSA) is 44.5 Å². The van der Waals surface area contributed by atoms with Crippen molar-refractivity contribution in [3.05, 3.63) is 35.9 Å². The Morgan fingerprint density at radius 1 is 1.13 bits per heavy atom. The summed E-state index contributed by atoms with van der Waals surface area (Å²) in [6.45, 7) is 2.05. The zero-order valence-corrected chi connectivity index (χ0v) is 8.82. The Kier molecular flexibility index (Phi) is 3.36. The van der Waals surface area contributed by atoms with Crippen molar-refractivity contribution in [2.45, 2.75) is 18.6 Å². The Hall–Kier alpha value is -0.900. The molecule has 0 atom stereocenters. The lowest BCUT2D eigenvalue weighted by Gasteiger charge is -2.37. The third kappa shape index (κ3) is 2.20. The minimum Gasteiger partial charge on any atom is -0.346 e. The summed E-state index contributed by atoms with van der Waals surface area (Å²) in [4.78, 5) is 0. The molecule has 2 N–H and O–H groups in total. The number of hydrogen-bond donors (Lipinski definition) is 1. The first-order chi connectivity index (χ1) is 7.37. The number of benzene rings is 1. The van der Waals surface area contributed by atoms with Crippen LogP contribution in [0.15, 0.2) is 30.3 Å². The molecule has 3 heteroatoms. The van der Waals surface area contributed by atoms with Gasteiger partial charge in [-0.1, -0.05) is 30.3 Å². The quantitative estimate of drug-likeness (QED) is 0.819. The van der Waals surface area contributed by atoms with Gasteiger partial charge in [0.05, 0.1) is 13.2 Å². The van der Waals surface area contributed by atoms with Crippen molar-refractivity contribution in [2.24, 2.45) is 5.73 Å². The first kappa shape index (κ1) is 10.6. The fraction of sp³-hybridized carbons (Fsp3) is 0.500. The molecule has 82 valence electrons. The van der Waals surface area contributed by atoms with Crippen LogP contribution in [0.3, 0.4) is 0 Å². The smallest absolute Gasteiger partial charge is 0.195 e. The highest BCUT2D eigenvalue weighted by Crippen LogP contribution is 2.33. The fourth-order valence-electron chi connectivity index (χ4n) is 1.91. The van der Waals surface area contributed by atoms with Crippen LogP contribution in [0.2, 0.25) is 0 Å². The predicted octanol–water partition coefficient (Wildman–Crippen LogP) is 1.63. The van der Waals surface area contributed by atoms with E-state index in [0.29, 0.717) is 13.0 Å². The molecule has 0 aliphatic carbocycles. The van der Waals surface area contributed by atoms with Crippen molar-refractivity contribution < 1.29 is 9.47 Å². The van der Waals surface area contributed by atoms with E-state index in [9.17, 15) is 0 Å². The average molecular weight is 207 g/mol. The molecule has 1 heterocycles. The third-order valence-corrected chi connectivity index (χ3v) is 2.65. The first-order valence-electron chi connectivity index (χ1n) is 5.41. The van der Waals surface area contributed by atoms with Crippen molar-refractivity contribution in [1.82, 2.24) is 0 Å².